The van der Waals surface area contributed by atoms with Crippen LogP contribution in [-0.4, -0.2) is 22.5 Å². The van der Waals surface area contributed by atoms with Crippen LogP contribution in [0.2, 0.25) is 0 Å². The largest absolute Gasteiger partial charge is 0.487 e. The molecule has 1 N–H and O–H groups in total. The summed E-state index contributed by atoms with van der Waals surface area (Å²) >= 11 is 0. The molecule has 23 heavy (non-hydrogen) atoms. The third-order valence-corrected chi connectivity index (χ3v) is 3.22. The van der Waals surface area contributed by atoms with Crippen LogP contribution in [0.5, 0.6) is 5.75 Å². The minimum atomic E-state index is -0.229. The summed E-state index contributed by atoms with van der Waals surface area (Å²) < 4.78 is 5.54. The van der Waals surface area contributed by atoms with E-state index in [1.54, 1.807) is 48.8 Å². The zero-order valence-electron chi connectivity index (χ0n) is 12.4. The van der Waals surface area contributed by atoms with Gasteiger partial charge in [0.2, 0.25) is 0 Å². The zero-order valence-corrected chi connectivity index (χ0v) is 12.4. The molecule has 0 unspecified atom stereocenters. The van der Waals surface area contributed by atoms with Crippen molar-refractivity contribution in [2.45, 2.75) is 0 Å². The Labute approximate surface area is 133 Å². The van der Waals surface area contributed by atoms with E-state index in [2.05, 4.69) is 21.9 Å². The lowest BCUT2D eigenvalue weighted by Crippen LogP contribution is -2.13. The summed E-state index contributed by atoms with van der Waals surface area (Å²) in [5.74, 6) is 0.369. The first-order valence-corrected chi connectivity index (χ1v) is 7.13. The van der Waals surface area contributed by atoms with Crippen LogP contribution in [-0.2, 0) is 0 Å². The fourth-order valence-corrected chi connectivity index (χ4v) is 2.14. The summed E-state index contributed by atoms with van der Waals surface area (Å²) in [5, 5.41) is 2.85. The second-order valence-corrected chi connectivity index (χ2v) is 4.81. The highest BCUT2D eigenvalue weighted by atomic mass is 16.5. The average molecular weight is 305 g/mol. The number of carbonyl (C=O) groups excluding carboxylic acids is 1. The van der Waals surface area contributed by atoms with Crippen molar-refractivity contribution in [1.29, 1.82) is 0 Å². The van der Waals surface area contributed by atoms with E-state index in [1.165, 1.54) is 0 Å². The number of nitrogens with zero attached hydrogens (tertiary/aromatic N) is 2. The average Bonchev–Trinajstić information content (AvgIpc) is 2.60. The van der Waals surface area contributed by atoms with E-state index in [0.717, 1.165) is 5.52 Å². The molecule has 5 heteroatoms. The molecule has 3 rings (SSSR count). The Kier molecular flexibility index (Phi) is 4.29. The number of amides is 1. The van der Waals surface area contributed by atoms with Gasteiger partial charge in [0.1, 0.15) is 12.4 Å². The van der Waals surface area contributed by atoms with Crippen LogP contribution in [0.25, 0.3) is 11.0 Å². The van der Waals surface area contributed by atoms with E-state index in [1.807, 2.05) is 12.1 Å². The van der Waals surface area contributed by atoms with Crippen LogP contribution in [0.1, 0.15) is 10.4 Å². The van der Waals surface area contributed by atoms with E-state index < -0.39 is 0 Å². The Morgan fingerprint density at radius 3 is 2.74 bits per heavy atom. The van der Waals surface area contributed by atoms with E-state index in [4.69, 9.17) is 4.74 Å². The monoisotopic (exact) mass is 305 g/mol. The van der Waals surface area contributed by atoms with Gasteiger partial charge in [-0.15, -0.1) is 0 Å². The summed E-state index contributed by atoms with van der Waals surface area (Å²) in [7, 11) is 0. The van der Waals surface area contributed by atoms with Gasteiger partial charge >= 0.3 is 0 Å². The number of benzene rings is 2. The number of aromatic nitrogens is 2. The summed E-state index contributed by atoms with van der Waals surface area (Å²) in [6.07, 6.45) is 4.87. The van der Waals surface area contributed by atoms with Gasteiger partial charge < -0.3 is 10.1 Å². The molecular formula is C18H15N3O2. The van der Waals surface area contributed by atoms with Gasteiger partial charge in [0, 0.05) is 18.0 Å². The second kappa shape index (κ2) is 6.70. The maximum atomic E-state index is 12.4. The molecule has 0 radical (unpaired) electrons. The molecule has 114 valence electrons. The molecule has 2 aromatic carbocycles. The quantitative estimate of drug-likeness (QED) is 0.733. The van der Waals surface area contributed by atoms with Crippen molar-refractivity contribution >= 4 is 22.6 Å². The third kappa shape index (κ3) is 3.35. The molecule has 1 heterocycles. The van der Waals surface area contributed by atoms with Crippen molar-refractivity contribution in [1.82, 2.24) is 9.97 Å². The topological polar surface area (TPSA) is 64.1 Å². The van der Waals surface area contributed by atoms with Gasteiger partial charge in [0.15, 0.2) is 0 Å². The smallest absolute Gasteiger partial charge is 0.255 e. The molecule has 0 aliphatic heterocycles. The van der Waals surface area contributed by atoms with Crippen molar-refractivity contribution in [2.75, 3.05) is 11.9 Å². The number of ether oxygens (including phenoxy) is 1. The number of carbonyl (C=O) groups is 1. The lowest BCUT2D eigenvalue weighted by molar-refractivity contribution is 0.102. The lowest BCUT2D eigenvalue weighted by Gasteiger charge is -2.11. The van der Waals surface area contributed by atoms with Crippen LogP contribution >= 0.6 is 0 Å². The standard InChI is InChI=1S/C18H15N3O2/c1-2-11-23-17-6-4-3-5-15(17)21-18(22)13-7-8-14-16(12-13)20-10-9-19-14/h2-10,12H,1,11H2,(H,21,22). The van der Waals surface area contributed by atoms with Crippen LogP contribution in [0, 0.1) is 0 Å². The molecule has 0 aliphatic carbocycles. The second-order valence-electron chi connectivity index (χ2n) is 4.81. The highest BCUT2D eigenvalue weighted by Crippen LogP contribution is 2.24. The third-order valence-electron chi connectivity index (χ3n) is 3.22. The number of hydrogen-bond acceptors (Lipinski definition) is 4. The Morgan fingerprint density at radius 1 is 1.13 bits per heavy atom. The number of anilines is 1. The first-order valence-electron chi connectivity index (χ1n) is 7.13. The number of para-hydroxylation sites is 2. The van der Waals surface area contributed by atoms with Gasteiger partial charge in [-0.1, -0.05) is 24.8 Å². The van der Waals surface area contributed by atoms with Gasteiger partial charge in [-0.25, -0.2) is 0 Å². The number of fused-ring (bicyclic) bond motifs is 1. The molecule has 0 bridgehead atoms. The van der Waals surface area contributed by atoms with Crippen molar-refractivity contribution in [3.05, 3.63) is 73.1 Å². The van der Waals surface area contributed by atoms with E-state index in [-0.39, 0.29) is 5.91 Å². The molecule has 0 saturated carbocycles. The zero-order chi connectivity index (χ0) is 16.1. The van der Waals surface area contributed by atoms with Crippen LogP contribution in [0.4, 0.5) is 5.69 Å². The molecule has 0 saturated heterocycles. The van der Waals surface area contributed by atoms with Gasteiger partial charge in [0.25, 0.3) is 5.91 Å². The summed E-state index contributed by atoms with van der Waals surface area (Å²) in [4.78, 5) is 20.8. The van der Waals surface area contributed by atoms with Crippen molar-refractivity contribution < 1.29 is 9.53 Å². The molecule has 1 amide bonds. The number of rotatable bonds is 5. The fourth-order valence-electron chi connectivity index (χ4n) is 2.14. The van der Waals surface area contributed by atoms with Crippen LogP contribution in [0.3, 0.4) is 0 Å². The van der Waals surface area contributed by atoms with Crippen molar-refractivity contribution in [3.63, 3.8) is 0 Å². The lowest BCUT2D eigenvalue weighted by atomic mass is 10.1. The first-order chi connectivity index (χ1) is 11.3. The SMILES string of the molecule is C=CCOc1ccccc1NC(=O)c1ccc2nccnc2c1. The molecule has 3 aromatic rings. The Morgan fingerprint density at radius 2 is 1.91 bits per heavy atom. The maximum Gasteiger partial charge on any atom is 0.255 e. The molecular weight excluding hydrogens is 290 g/mol. The Bertz CT molecular complexity index is 862. The van der Waals surface area contributed by atoms with Crippen LogP contribution in [0.15, 0.2) is 67.5 Å². The molecule has 0 aliphatic rings. The fraction of sp³-hybridized carbons (Fsp3) is 0.0556. The predicted octanol–water partition coefficient (Wildman–Crippen LogP) is 3.45. The minimum absolute atomic E-state index is 0.229. The highest BCUT2D eigenvalue weighted by Gasteiger charge is 2.10. The van der Waals surface area contributed by atoms with E-state index in [0.29, 0.717) is 29.1 Å². The molecule has 0 fully saturated rings. The summed E-state index contributed by atoms with van der Waals surface area (Å²) in [5.41, 5.74) is 2.55. The molecule has 0 atom stereocenters. The minimum Gasteiger partial charge on any atom is -0.487 e. The highest BCUT2D eigenvalue weighted by molar-refractivity contribution is 6.06. The maximum absolute atomic E-state index is 12.4. The molecule has 5 nitrogen and oxygen atoms in total. The van der Waals surface area contributed by atoms with Gasteiger partial charge in [0.05, 0.1) is 16.7 Å². The van der Waals surface area contributed by atoms with Crippen LogP contribution < -0.4 is 10.1 Å². The van der Waals surface area contributed by atoms with Crippen molar-refractivity contribution in [3.8, 4) is 5.75 Å². The normalized spacial score (nSPS) is 10.3. The van der Waals surface area contributed by atoms with Crippen molar-refractivity contribution in [2.24, 2.45) is 0 Å². The Hall–Kier alpha value is -3.21. The van der Waals surface area contributed by atoms with Gasteiger partial charge in [-0.05, 0) is 30.3 Å². The van der Waals surface area contributed by atoms with E-state index >= 15 is 0 Å². The van der Waals surface area contributed by atoms with Gasteiger partial charge in [-0.3, -0.25) is 14.8 Å². The van der Waals surface area contributed by atoms with E-state index in [9.17, 15) is 4.79 Å². The number of hydrogen-bond donors (Lipinski definition) is 1. The molecule has 1 aromatic heterocycles. The summed E-state index contributed by atoms with van der Waals surface area (Å²) in [6, 6.07) is 12.5. The Balaban J connectivity index is 1.84. The summed E-state index contributed by atoms with van der Waals surface area (Å²) in [6.45, 7) is 3.99. The first kappa shape index (κ1) is 14.7. The predicted molar refractivity (Wildman–Crippen MR) is 89.6 cm³/mol. The van der Waals surface area contributed by atoms with Gasteiger partial charge in [-0.2, -0.15) is 0 Å². The molecule has 0 spiro atoms. The number of nitrogens with one attached hydrogen (secondary N) is 1.